The molecule has 2 aromatic carbocycles. The van der Waals surface area contributed by atoms with Gasteiger partial charge in [0.05, 0.1) is 46.5 Å². The Kier molecular flexibility index (Phi) is 6.49. The van der Waals surface area contributed by atoms with Gasteiger partial charge >= 0.3 is 0 Å². The average Bonchev–Trinajstić information content (AvgIpc) is 2.87. The maximum atomic E-state index is 5.57. The SMILES string of the molecule is COc1ccc(N2CCN(c3cncc(-c4cccc(OC)c4OC)n3)CC2)cc1OC. The van der Waals surface area contributed by atoms with E-state index in [0.717, 1.165) is 60.4 Å². The van der Waals surface area contributed by atoms with Crippen LogP contribution >= 0.6 is 0 Å². The summed E-state index contributed by atoms with van der Waals surface area (Å²) in [5, 5.41) is 0. The van der Waals surface area contributed by atoms with Crippen LogP contribution in [-0.4, -0.2) is 64.6 Å². The molecule has 0 saturated carbocycles. The number of rotatable bonds is 7. The summed E-state index contributed by atoms with van der Waals surface area (Å²) >= 11 is 0. The van der Waals surface area contributed by atoms with Crippen LogP contribution in [0.25, 0.3) is 11.3 Å². The minimum absolute atomic E-state index is 0.653. The molecule has 0 amide bonds. The third-order valence-electron chi connectivity index (χ3n) is 5.64. The molecule has 8 nitrogen and oxygen atoms in total. The third kappa shape index (κ3) is 4.21. The fraction of sp³-hybridized carbons (Fsp3) is 0.333. The number of para-hydroxylation sites is 1. The second-order valence-electron chi connectivity index (χ2n) is 7.32. The number of anilines is 2. The summed E-state index contributed by atoms with van der Waals surface area (Å²) in [6.45, 7) is 3.40. The zero-order valence-corrected chi connectivity index (χ0v) is 18.9. The molecule has 1 fully saturated rings. The summed E-state index contributed by atoms with van der Waals surface area (Å²) in [4.78, 5) is 13.9. The van der Waals surface area contributed by atoms with Crippen molar-refractivity contribution in [2.45, 2.75) is 0 Å². The molecule has 0 radical (unpaired) electrons. The molecule has 0 unspecified atom stereocenters. The molecule has 0 aliphatic carbocycles. The predicted octanol–water partition coefficient (Wildman–Crippen LogP) is 3.50. The lowest BCUT2D eigenvalue weighted by Crippen LogP contribution is -2.46. The van der Waals surface area contributed by atoms with E-state index in [-0.39, 0.29) is 0 Å². The lowest BCUT2D eigenvalue weighted by atomic mass is 10.1. The second-order valence-corrected chi connectivity index (χ2v) is 7.32. The molecule has 4 rings (SSSR count). The van der Waals surface area contributed by atoms with Crippen LogP contribution in [0.1, 0.15) is 0 Å². The van der Waals surface area contributed by atoms with Gasteiger partial charge in [-0.25, -0.2) is 4.98 Å². The van der Waals surface area contributed by atoms with Crippen LogP contribution in [0.5, 0.6) is 23.0 Å². The van der Waals surface area contributed by atoms with Crippen molar-refractivity contribution in [2.75, 3.05) is 64.4 Å². The predicted molar refractivity (Wildman–Crippen MR) is 125 cm³/mol. The van der Waals surface area contributed by atoms with E-state index < -0.39 is 0 Å². The van der Waals surface area contributed by atoms with Crippen molar-refractivity contribution < 1.29 is 18.9 Å². The highest BCUT2D eigenvalue weighted by molar-refractivity contribution is 5.71. The molecule has 32 heavy (non-hydrogen) atoms. The summed E-state index contributed by atoms with van der Waals surface area (Å²) < 4.78 is 21.8. The Morgan fingerprint density at radius 1 is 0.719 bits per heavy atom. The Balaban J connectivity index is 1.51. The lowest BCUT2D eigenvalue weighted by molar-refractivity contribution is 0.355. The molecule has 0 atom stereocenters. The van der Waals surface area contributed by atoms with Gasteiger partial charge in [0.1, 0.15) is 5.82 Å². The highest BCUT2D eigenvalue weighted by Crippen LogP contribution is 2.37. The minimum atomic E-state index is 0.653. The Labute approximate surface area is 188 Å². The van der Waals surface area contributed by atoms with Gasteiger partial charge < -0.3 is 28.7 Å². The first-order chi connectivity index (χ1) is 15.7. The molecular weight excluding hydrogens is 408 g/mol. The molecular formula is C24H28N4O4. The van der Waals surface area contributed by atoms with E-state index in [1.54, 1.807) is 34.6 Å². The van der Waals surface area contributed by atoms with Crippen molar-refractivity contribution in [3.63, 3.8) is 0 Å². The van der Waals surface area contributed by atoms with Crippen LogP contribution in [0.15, 0.2) is 48.8 Å². The first kappa shape index (κ1) is 21.5. The zero-order chi connectivity index (χ0) is 22.5. The maximum absolute atomic E-state index is 5.57. The number of benzene rings is 2. The monoisotopic (exact) mass is 436 g/mol. The molecule has 0 spiro atoms. The molecule has 1 saturated heterocycles. The number of hydrogen-bond acceptors (Lipinski definition) is 8. The minimum Gasteiger partial charge on any atom is -0.493 e. The van der Waals surface area contributed by atoms with E-state index in [0.29, 0.717) is 11.5 Å². The van der Waals surface area contributed by atoms with E-state index in [2.05, 4.69) is 20.9 Å². The number of ether oxygens (including phenoxy) is 4. The van der Waals surface area contributed by atoms with Crippen LogP contribution in [0.2, 0.25) is 0 Å². The summed E-state index contributed by atoms with van der Waals surface area (Å²) in [5.41, 5.74) is 2.72. The average molecular weight is 437 g/mol. The molecule has 2 heterocycles. The molecule has 168 valence electrons. The Morgan fingerprint density at radius 2 is 1.44 bits per heavy atom. The maximum Gasteiger partial charge on any atom is 0.170 e. The first-order valence-electron chi connectivity index (χ1n) is 10.4. The van der Waals surface area contributed by atoms with Crippen molar-refractivity contribution in [3.8, 4) is 34.3 Å². The third-order valence-corrected chi connectivity index (χ3v) is 5.64. The van der Waals surface area contributed by atoms with Gasteiger partial charge in [-0.2, -0.15) is 0 Å². The number of hydrogen-bond donors (Lipinski definition) is 0. The summed E-state index contributed by atoms with van der Waals surface area (Å²) in [6.07, 6.45) is 3.56. The van der Waals surface area contributed by atoms with Gasteiger partial charge in [0.25, 0.3) is 0 Å². The molecule has 8 heteroatoms. The lowest BCUT2D eigenvalue weighted by Gasteiger charge is -2.36. The molecule has 1 aliphatic heterocycles. The number of nitrogens with zero attached hydrogens (tertiary/aromatic N) is 4. The van der Waals surface area contributed by atoms with E-state index in [1.807, 2.05) is 36.5 Å². The van der Waals surface area contributed by atoms with Crippen LogP contribution in [0.3, 0.4) is 0 Å². The van der Waals surface area contributed by atoms with Gasteiger partial charge in [0.15, 0.2) is 23.0 Å². The fourth-order valence-corrected chi connectivity index (χ4v) is 3.94. The van der Waals surface area contributed by atoms with Gasteiger partial charge in [-0.15, -0.1) is 0 Å². The molecule has 1 aliphatic rings. The van der Waals surface area contributed by atoms with Crippen molar-refractivity contribution >= 4 is 11.5 Å². The largest absolute Gasteiger partial charge is 0.493 e. The number of aromatic nitrogens is 2. The molecule has 0 bridgehead atoms. The highest BCUT2D eigenvalue weighted by atomic mass is 16.5. The van der Waals surface area contributed by atoms with Crippen LogP contribution in [0, 0.1) is 0 Å². The first-order valence-corrected chi connectivity index (χ1v) is 10.4. The number of piperazine rings is 1. The Morgan fingerprint density at radius 3 is 2.12 bits per heavy atom. The van der Waals surface area contributed by atoms with Gasteiger partial charge in [-0.05, 0) is 24.3 Å². The molecule has 3 aromatic rings. The fourth-order valence-electron chi connectivity index (χ4n) is 3.94. The van der Waals surface area contributed by atoms with Gasteiger partial charge in [0.2, 0.25) is 0 Å². The van der Waals surface area contributed by atoms with E-state index >= 15 is 0 Å². The van der Waals surface area contributed by atoms with Gasteiger partial charge in [0, 0.05) is 43.5 Å². The second kappa shape index (κ2) is 9.64. The summed E-state index contributed by atoms with van der Waals surface area (Å²) in [5.74, 6) is 3.63. The zero-order valence-electron chi connectivity index (χ0n) is 18.9. The van der Waals surface area contributed by atoms with Crippen molar-refractivity contribution in [3.05, 3.63) is 48.8 Å². The van der Waals surface area contributed by atoms with E-state index in [1.165, 1.54) is 0 Å². The van der Waals surface area contributed by atoms with Crippen molar-refractivity contribution in [1.82, 2.24) is 9.97 Å². The molecule has 0 N–H and O–H groups in total. The van der Waals surface area contributed by atoms with E-state index in [9.17, 15) is 0 Å². The normalized spacial score (nSPS) is 13.6. The van der Waals surface area contributed by atoms with Crippen LogP contribution in [-0.2, 0) is 0 Å². The smallest absolute Gasteiger partial charge is 0.170 e. The van der Waals surface area contributed by atoms with Crippen molar-refractivity contribution in [1.29, 1.82) is 0 Å². The van der Waals surface area contributed by atoms with E-state index in [4.69, 9.17) is 23.9 Å². The highest BCUT2D eigenvalue weighted by Gasteiger charge is 2.21. The summed E-state index contributed by atoms with van der Waals surface area (Å²) in [7, 11) is 6.56. The Hall–Kier alpha value is -3.68. The number of methoxy groups -OCH3 is 4. The molecule has 1 aromatic heterocycles. The van der Waals surface area contributed by atoms with Crippen LogP contribution in [0.4, 0.5) is 11.5 Å². The topological polar surface area (TPSA) is 69.2 Å². The van der Waals surface area contributed by atoms with Crippen molar-refractivity contribution in [2.24, 2.45) is 0 Å². The summed E-state index contributed by atoms with van der Waals surface area (Å²) in [6, 6.07) is 11.8. The van der Waals surface area contributed by atoms with Gasteiger partial charge in [-0.1, -0.05) is 6.07 Å². The quantitative estimate of drug-likeness (QED) is 0.557. The van der Waals surface area contributed by atoms with Gasteiger partial charge in [-0.3, -0.25) is 4.98 Å². The Bertz CT molecular complexity index is 1070. The standard InChI is InChI=1S/C24H28N4O4/c1-29-20-9-8-17(14-22(20)31-3)27-10-12-28(13-11-27)23-16-25-15-19(26-23)18-6-5-7-21(30-2)24(18)32-4/h5-9,14-16H,10-13H2,1-4H3. The van der Waals surface area contributed by atoms with Crippen LogP contribution < -0.4 is 28.7 Å².